The number of furan rings is 1. The van der Waals surface area contributed by atoms with Crippen molar-refractivity contribution in [1.82, 2.24) is 0 Å². The summed E-state index contributed by atoms with van der Waals surface area (Å²) in [4.78, 5) is 65.0. The highest BCUT2D eigenvalue weighted by Crippen LogP contribution is 2.82. The zero-order valence-corrected chi connectivity index (χ0v) is 26.7. The maximum atomic E-state index is 13.5. The molecule has 1 aromatic heterocycles. The number of esters is 5. The molecule has 12 heteroatoms. The Hall–Kier alpha value is -3.41. The lowest BCUT2D eigenvalue weighted by atomic mass is 9.36. The van der Waals surface area contributed by atoms with Crippen molar-refractivity contribution in [3.8, 4) is 0 Å². The van der Waals surface area contributed by atoms with Crippen molar-refractivity contribution in [3.05, 3.63) is 24.2 Å². The van der Waals surface area contributed by atoms with Crippen LogP contribution in [0.2, 0.25) is 0 Å². The molecule has 5 fully saturated rings. The van der Waals surface area contributed by atoms with E-state index in [0.717, 1.165) is 0 Å². The Morgan fingerprint density at radius 1 is 0.978 bits per heavy atom. The standard InChI is InChI=1S/C33H42O12/c1-16(34)42-27-25-28(43-17(2)35)33(39)20(8-10-29(4)22(33)13-24(38)44-26(29)19-9-11-41-14-19)31(6)21(12-23(37)40-7)30(27,5)15-32(25,31)45-18(3)36/h9,11,14,20-22,25-28,39H,8,10,12-13,15H2,1-7H3/t20-,21+,22-,25-,26+,27-,28-,29-,30?,31-,32+,33-/m1/s1. The van der Waals surface area contributed by atoms with Gasteiger partial charge in [0, 0.05) is 60.8 Å². The zero-order chi connectivity index (χ0) is 32.9. The fourth-order valence-corrected chi connectivity index (χ4v) is 11.3. The molecule has 1 aromatic rings. The average molecular weight is 631 g/mol. The van der Waals surface area contributed by atoms with E-state index in [1.54, 1.807) is 6.07 Å². The molecule has 1 unspecified atom stereocenters. The molecule has 0 aromatic carbocycles. The summed E-state index contributed by atoms with van der Waals surface area (Å²) in [5.41, 5.74) is -5.50. The molecule has 4 saturated carbocycles. The first-order valence-corrected chi connectivity index (χ1v) is 15.6. The van der Waals surface area contributed by atoms with Crippen molar-refractivity contribution in [3.63, 3.8) is 0 Å². The van der Waals surface area contributed by atoms with Crippen LogP contribution in [-0.2, 0) is 47.7 Å². The summed E-state index contributed by atoms with van der Waals surface area (Å²) < 4.78 is 34.9. The number of aliphatic hydroxyl groups is 1. The summed E-state index contributed by atoms with van der Waals surface area (Å²) in [5.74, 6) is -6.04. The lowest BCUT2D eigenvalue weighted by Gasteiger charge is -2.72. The average Bonchev–Trinajstić information content (AvgIpc) is 3.60. The van der Waals surface area contributed by atoms with Crippen LogP contribution in [0.4, 0.5) is 0 Å². The molecule has 4 aliphatic carbocycles. The van der Waals surface area contributed by atoms with E-state index in [2.05, 4.69) is 0 Å². The van der Waals surface area contributed by atoms with Gasteiger partial charge in [0.15, 0.2) is 0 Å². The van der Waals surface area contributed by atoms with Gasteiger partial charge in [0.1, 0.15) is 29.5 Å². The SMILES string of the molecule is COC(=O)C[C@H]1C2(C)C[C@]3(OC(C)=O)[C@H]([C@H]2OC(C)=O)[C@@H](OC(C)=O)[C@]2(O)[C@@H]4CC(=O)O[C@@H](c5ccoc5)[C@]4(C)CC[C@@H]2[C@]13C. The second-order valence-corrected chi connectivity index (χ2v) is 14.5. The Labute approximate surface area is 261 Å². The maximum Gasteiger partial charge on any atom is 0.306 e. The predicted molar refractivity (Wildman–Crippen MR) is 151 cm³/mol. The Morgan fingerprint density at radius 2 is 1.64 bits per heavy atom. The van der Waals surface area contributed by atoms with Crippen LogP contribution in [0.3, 0.4) is 0 Å². The van der Waals surface area contributed by atoms with Gasteiger partial charge in [-0.15, -0.1) is 0 Å². The van der Waals surface area contributed by atoms with Crippen LogP contribution < -0.4 is 0 Å². The van der Waals surface area contributed by atoms with Crippen LogP contribution in [0, 0.1) is 39.9 Å². The number of cyclic esters (lactones) is 1. The van der Waals surface area contributed by atoms with E-state index in [0.29, 0.717) is 18.4 Å². The number of ether oxygens (including phenoxy) is 5. The number of methoxy groups -OCH3 is 1. The molecular formula is C33H42O12. The lowest BCUT2D eigenvalue weighted by molar-refractivity contribution is -0.354. The van der Waals surface area contributed by atoms with Gasteiger partial charge in [-0.3, -0.25) is 24.0 Å². The van der Waals surface area contributed by atoms with Crippen molar-refractivity contribution < 1.29 is 57.2 Å². The van der Waals surface area contributed by atoms with E-state index >= 15 is 0 Å². The molecule has 1 aliphatic heterocycles. The van der Waals surface area contributed by atoms with Gasteiger partial charge in [-0.05, 0) is 31.2 Å². The van der Waals surface area contributed by atoms with Gasteiger partial charge in [0.2, 0.25) is 0 Å². The van der Waals surface area contributed by atoms with Crippen molar-refractivity contribution in [1.29, 1.82) is 0 Å². The van der Waals surface area contributed by atoms with Gasteiger partial charge < -0.3 is 33.2 Å². The monoisotopic (exact) mass is 630 g/mol. The Kier molecular flexibility index (Phi) is 7.05. The molecule has 12 nitrogen and oxygen atoms in total. The van der Waals surface area contributed by atoms with Crippen molar-refractivity contribution >= 4 is 29.8 Å². The lowest BCUT2D eigenvalue weighted by Crippen LogP contribution is -2.81. The van der Waals surface area contributed by atoms with E-state index in [1.165, 1.54) is 40.4 Å². The third-order valence-corrected chi connectivity index (χ3v) is 12.6. The van der Waals surface area contributed by atoms with Gasteiger partial charge in [-0.1, -0.05) is 20.8 Å². The van der Waals surface area contributed by atoms with Crippen LogP contribution in [0.5, 0.6) is 0 Å². The number of carbonyl (C=O) groups excluding carboxylic acids is 5. The first-order chi connectivity index (χ1) is 21.0. The molecule has 6 rings (SSSR count). The number of hydrogen-bond donors (Lipinski definition) is 1. The highest BCUT2D eigenvalue weighted by Gasteiger charge is 2.90. The Morgan fingerprint density at radius 3 is 2.22 bits per heavy atom. The Bertz CT molecular complexity index is 1440. The van der Waals surface area contributed by atoms with E-state index in [-0.39, 0.29) is 19.3 Å². The molecule has 2 heterocycles. The number of carbonyl (C=O) groups is 5. The molecule has 2 bridgehead atoms. The second-order valence-electron chi connectivity index (χ2n) is 14.5. The molecular weight excluding hydrogens is 588 g/mol. The molecule has 0 amide bonds. The third-order valence-electron chi connectivity index (χ3n) is 12.6. The van der Waals surface area contributed by atoms with Gasteiger partial charge in [-0.25, -0.2) is 0 Å². The Balaban J connectivity index is 1.63. The normalized spacial score (nSPS) is 45.9. The number of rotatable bonds is 6. The van der Waals surface area contributed by atoms with Crippen molar-refractivity contribution in [2.75, 3.05) is 7.11 Å². The van der Waals surface area contributed by atoms with Gasteiger partial charge in [0.25, 0.3) is 0 Å². The quantitative estimate of drug-likeness (QED) is 0.360. The van der Waals surface area contributed by atoms with Crippen LogP contribution in [0.15, 0.2) is 23.0 Å². The number of hydrogen-bond acceptors (Lipinski definition) is 12. The molecule has 0 spiro atoms. The molecule has 1 N–H and O–H groups in total. The first-order valence-electron chi connectivity index (χ1n) is 15.6. The topological polar surface area (TPSA) is 165 Å². The summed E-state index contributed by atoms with van der Waals surface area (Å²) in [6.45, 7) is 9.54. The van der Waals surface area contributed by atoms with E-state index in [1.807, 2.05) is 20.8 Å². The second kappa shape index (κ2) is 10.0. The first kappa shape index (κ1) is 31.6. The van der Waals surface area contributed by atoms with E-state index < -0.39 is 99.3 Å². The maximum absolute atomic E-state index is 13.5. The minimum absolute atomic E-state index is 0.0938. The van der Waals surface area contributed by atoms with Crippen LogP contribution >= 0.6 is 0 Å². The molecule has 12 atom stereocenters. The molecule has 0 radical (unpaired) electrons. The number of fused-ring (bicyclic) bond motifs is 5. The minimum Gasteiger partial charge on any atom is -0.472 e. The summed E-state index contributed by atoms with van der Waals surface area (Å²) in [6.07, 6.45) is 0.684. The predicted octanol–water partition coefficient (Wildman–Crippen LogP) is 3.44. The molecule has 246 valence electrons. The fourth-order valence-electron chi connectivity index (χ4n) is 11.3. The van der Waals surface area contributed by atoms with Gasteiger partial charge in [0.05, 0.1) is 32.0 Å². The molecule has 45 heavy (non-hydrogen) atoms. The van der Waals surface area contributed by atoms with Crippen LogP contribution in [0.1, 0.15) is 85.3 Å². The van der Waals surface area contributed by atoms with Crippen molar-refractivity contribution in [2.24, 2.45) is 39.9 Å². The summed E-state index contributed by atoms with van der Waals surface area (Å²) in [5, 5.41) is 13.5. The minimum atomic E-state index is -1.89. The largest absolute Gasteiger partial charge is 0.472 e. The zero-order valence-electron chi connectivity index (χ0n) is 26.7. The van der Waals surface area contributed by atoms with E-state index in [9.17, 15) is 29.1 Å². The summed E-state index contributed by atoms with van der Waals surface area (Å²) >= 11 is 0. The highest BCUT2D eigenvalue weighted by atomic mass is 16.6. The third kappa shape index (κ3) is 3.96. The fraction of sp³-hybridized carbons (Fsp3) is 0.727. The van der Waals surface area contributed by atoms with Crippen molar-refractivity contribution in [2.45, 2.75) is 103 Å². The van der Waals surface area contributed by atoms with Crippen LogP contribution in [-0.4, -0.2) is 65.5 Å². The van der Waals surface area contributed by atoms with Gasteiger partial charge >= 0.3 is 29.8 Å². The molecule has 1 saturated heterocycles. The van der Waals surface area contributed by atoms with Gasteiger partial charge in [-0.2, -0.15) is 0 Å². The summed E-state index contributed by atoms with van der Waals surface area (Å²) in [6, 6.07) is 1.72. The smallest absolute Gasteiger partial charge is 0.306 e. The van der Waals surface area contributed by atoms with Crippen LogP contribution in [0.25, 0.3) is 0 Å². The highest BCUT2D eigenvalue weighted by molar-refractivity contribution is 5.73. The summed E-state index contributed by atoms with van der Waals surface area (Å²) in [7, 11) is 1.29. The van der Waals surface area contributed by atoms with E-state index in [4.69, 9.17) is 28.1 Å². The molecule has 5 aliphatic rings.